The van der Waals surface area contributed by atoms with Gasteiger partial charge in [-0.1, -0.05) is 152 Å². The molecular weight excluding hydrogens is 558 g/mol. The molecule has 46 heavy (non-hydrogen) atoms. The lowest BCUT2D eigenvalue weighted by atomic mass is 9.95. The van der Waals surface area contributed by atoms with Crippen LogP contribution < -0.4 is 0 Å². The van der Waals surface area contributed by atoms with Crippen LogP contribution in [0.1, 0.15) is 0 Å². The maximum absolute atomic E-state index is 5.09. The smallest absolute Gasteiger partial charge is 0.160 e. The molecule has 0 amide bonds. The van der Waals surface area contributed by atoms with Gasteiger partial charge >= 0.3 is 0 Å². The van der Waals surface area contributed by atoms with Gasteiger partial charge in [-0.2, -0.15) is 0 Å². The molecule has 6 aromatic carbocycles. The molecule has 0 spiro atoms. The Labute approximate surface area is 268 Å². The van der Waals surface area contributed by atoms with Gasteiger partial charge in [-0.3, -0.25) is 0 Å². The summed E-state index contributed by atoms with van der Waals surface area (Å²) in [6, 6.07) is 60.9. The SMILES string of the molecule is c1ccc(-c2ccc3nc(-c4ccccc4)cc(-c4ccc(-c5nc(-c6ccccc6)cc(-c6ccccc6)n5)cc4)c3c2)cc1. The Morgan fingerprint density at radius 1 is 0.283 bits per heavy atom. The molecule has 0 fully saturated rings. The summed E-state index contributed by atoms with van der Waals surface area (Å²) >= 11 is 0. The number of hydrogen-bond acceptors (Lipinski definition) is 3. The first kappa shape index (κ1) is 27.4. The van der Waals surface area contributed by atoms with Crippen molar-refractivity contribution in [1.29, 1.82) is 0 Å². The van der Waals surface area contributed by atoms with Crippen LogP contribution in [0.15, 0.2) is 176 Å². The van der Waals surface area contributed by atoms with Crippen LogP contribution in [0.3, 0.4) is 0 Å². The van der Waals surface area contributed by atoms with E-state index >= 15 is 0 Å². The second-order valence-electron chi connectivity index (χ2n) is 11.3. The molecule has 3 nitrogen and oxygen atoms in total. The fraction of sp³-hybridized carbons (Fsp3) is 0. The van der Waals surface area contributed by atoms with Crippen LogP contribution in [0, 0.1) is 0 Å². The van der Waals surface area contributed by atoms with E-state index in [9.17, 15) is 0 Å². The minimum absolute atomic E-state index is 0.697. The first-order valence-corrected chi connectivity index (χ1v) is 15.4. The summed E-state index contributed by atoms with van der Waals surface area (Å²) in [6.07, 6.45) is 0. The van der Waals surface area contributed by atoms with Gasteiger partial charge in [0.2, 0.25) is 0 Å². The third-order valence-corrected chi connectivity index (χ3v) is 8.30. The van der Waals surface area contributed by atoms with Gasteiger partial charge in [-0.15, -0.1) is 0 Å². The van der Waals surface area contributed by atoms with Gasteiger partial charge in [0.15, 0.2) is 5.82 Å². The summed E-state index contributed by atoms with van der Waals surface area (Å²) in [7, 11) is 0. The molecule has 0 aliphatic carbocycles. The quantitative estimate of drug-likeness (QED) is 0.194. The summed E-state index contributed by atoms with van der Waals surface area (Å²) in [5, 5.41) is 1.11. The Bertz CT molecular complexity index is 2210. The zero-order valence-electron chi connectivity index (χ0n) is 25.1. The monoisotopic (exact) mass is 587 g/mol. The van der Waals surface area contributed by atoms with E-state index in [2.05, 4.69) is 127 Å². The second-order valence-corrected chi connectivity index (χ2v) is 11.3. The van der Waals surface area contributed by atoms with Gasteiger partial charge < -0.3 is 0 Å². The molecule has 0 aliphatic heterocycles. The van der Waals surface area contributed by atoms with Gasteiger partial charge in [0.1, 0.15) is 0 Å². The van der Waals surface area contributed by atoms with E-state index in [4.69, 9.17) is 15.0 Å². The van der Waals surface area contributed by atoms with Crippen molar-refractivity contribution in [3.63, 3.8) is 0 Å². The number of nitrogens with zero attached hydrogens (tertiary/aromatic N) is 3. The Morgan fingerprint density at radius 2 is 0.717 bits per heavy atom. The highest BCUT2D eigenvalue weighted by Gasteiger charge is 2.14. The minimum atomic E-state index is 0.697. The Balaban J connectivity index is 1.26. The van der Waals surface area contributed by atoms with E-state index in [-0.39, 0.29) is 0 Å². The average molecular weight is 588 g/mol. The molecule has 8 rings (SSSR count). The highest BCUT2D eigenvalue weighted by molar-refractivity contribution is 5.99. The number of aromatic nitrogens is 3. The Morgan fingerprint density at radius 3 is 1.24 bits per heavy atom. The molecule has 0 bridgehead atoms. The number of hydrogen-bond donors (Lipinski definition) is 0. The average Bonchev–Trinajstić information content (AvgIpc) is 3.15. The standard InChI is InChI=1S/C43H29N3/c1-5-13-30(14-6-1)36-25-26-39-38(27-36)37(28-40(44-39)32-15-7-2-8-16-32)31-21-23-35(24-22-31)43-45-41(33-17-9-3-10-18-33)29-42(46-43)34-19-11-4-12-20-34/h1-29H. The van der Waals surface area contributed by atoms with Crippen LogP contribution in [0.25, 0.3) is 78.3 Å². The van der Waals surface area contributed by atoms with Crippen molar-refractivity contribution in [2.75, 3.05) is 0 Å². The predicted octanol–water partition coefficient (Wildman–Crippen LogP) is 11.0. The molecule has 0 radical (unpaired) electrons. The first-order chi connectivity index (χ1) is 22.8. The zero-order valence-corrected chi connectivity index (χ0v) is 25.1. The van der Waals surface area contributed by atoms with Crippen LogP contribution in [0.4, 0.5) is 0 Å². The van der Waals surface area contributed by atoms with E-state index in [1.165, 1.54) is 11.1 Å². The molecule has 0 saturated carbocycles. The topological polar surface area (TPSA) is 38.7 Å². The number of fused-ring (bicyclic) bond motifs is 1. The molecule has 0 atom stereocenters. The van der Waals surface area contributed by atoms with Crippen LogP contribution in [-0.2, 0) is 0 Å². The van der Waals surface area contributed by atoms with Crippen molar-refractivity contribution in [3.05, 3.63) is 176 Å². The van der Waals surface area contributed by atoms with E-state index in [0.29, 0.717) is 5.82 Å². The predicted molar refractivity (Wildman–Crippen MR) is 190 cm³/mol. The van der Waals surface area contributed by atoms with E-state index in [0.717, 1.165) is 61.4 Å². The Hall–Kier alpha value is -6.19. The highest BCUT2D eigenvalue weighted by Crippen LogP contribution is 2.36. The molecule has 216 valence electrons. The number of benzene rings is 6. The molecule has 2 heterocycles. The van der Waals surface area contributed by atoms with E-state index in [1.54, 1.807) is 0 Å². The van der Waals surface area contributed by atoms with Gasteiger partial charge in [0.05, 0.1) is 22.6 Å². The van der Waals surface area contributed by atoms with Gasteiger partial charge in [0.25, 0.3) is 0 Å². The summed E-state index contributed by atoms with van der Waals surface area (Å²) in [4.78, 5) is 15.1. The highest BCUT2D eigenvalue weighted by atomic mass is 14.9. The lowest BCUT2D eigenvalue weighted by Crippen LogP contribution is -1.96. The molecular formula is C43H29N3. The molecule has 0 aliphatic rings. The number of pyridine rings is 1. The first-order valence-electron chi connectivity index (χ1n) is 15.4. The molecule has 2 aromatic heterocycles. The fourth-order valence-corrected chi connectivity index (χ4v) is 5.92. The summed E-state index contributed by atoms with van der Waals surface area (Å²) in [5.74, 6) is 0.697. The van der Waals surface area contributed by atoms with Crippen molar-refractivity contribution < 1.29 is 0 Å². The van der Waals surface area contributed by atoms with Gasteiger partial charge in [0, 0.05) is 27.6 Å². The molecule has 0 N–H and O–H groups in total. The summed E-state index contributed by atoms with van der Waals surface area (Å²) in [6.45, 7) is 0. The largest absolute Gasteiger partial charge is 0.248 e. The van der Waals surface area contributed by atoms with Crippen molar-refractivity contribution in [2.24, 2.45) is 0 Å². The second kappa shape index (κ2) is 12.1. The van der Waals surface area contributed by atoms with Crippen molar-refractivity contribution in [2.45, 2.75) is 0 Å². The third-order valence-electron chi connectivity index (χ3n) is 8.30. The van der Waals surface area contributed by atoms with Crippen LogP contribution in [0.2, 0.25) is 0 Å². The summed E-state index contributed by atoms with van der Waals surface area (Å²) in [5.41, 5.74) is 12.5. The van der Waals surface area contributed by atoms with Gasteiger partial charge in [-0.05, 0) is 46.5 Å². The van der Waals surface area contributed by atoms with E-state index in [1.807, 2.05) is 48.5 Å². The van der Waals surface area contributed by atoms with Crippen LogP contribution in [-0.4, -0.2) is 15.0 Å². The normalized spacial score (nSPS) is 11.0. The Kier molecular flexibility index (Phi) is 7.18. The maximum Gasteiger partial charge on any atom is 0.160 e. The lowest BCUT2D eigenvalue weighted by Gasteiger charge is -2.13. The fourth-order valence-electron chi connectivity index (χ4n) is 5.92. The molecule has 3 heteroatoms. The van der Waals surface area contributed by atoms with Crippen molar-refractivity contribution in [1.82, 2.24) is 15.0 Å². The van der Waals surface area contributed by atoms with Crippen LogP contribution in [0.5, 0.6) is 0 Å². The minimum Gasteiger partial charge on any atom is -0.248 e. The lowest BCUT2D eigenvalue weighted by molar-refractivity contribution is 1.18. The van der Waals surface area contributed by atoms with Gasteiger partial charge in [-0.25, -0.2) is 15.0 Å². The van der Waals surface area contributed by atoms with Crippen molar-refractivity contribution >= 4 is 10.9 Å². The third kappa shape index (κ3) is 5.47. The molecule has 0 saturated heterocycles. The maximum atomic E-state index is 5.09. The van der Waals surface area contributed by atoms with E-state index < -0.39 is 0 Å². The van der Waals surface area contributed by atoms with Crippen LogP contribution >= 0.6 is 0 Å². The van der Waals surface area contributed by atoms with Crippen molar-refractivity contribution in [3.8, 4) is 67.4 Å². The molecule has 8 aromatic rings. The zero-order chi connectivity index (χ0) is 30.7. The molecule has 0 unspecified atom stereocenters. The number of rotatable bonds is 6. The summed E-state index contributed by atoms with van der Waals surface area (Å²) < 4.78 is 0.